The van der Waals surface area contributed by atoms with E-state index in [9.17, 15) is 26.0 Å². The second-order valence-electron chi connectivity index (χ2n) is 3.47. The van der Waals surface area contributed by atoms with Crippen molar-refractivity contribution in [3.05, 3.63) is 28.0 Å². The third kappa shape index (κ3) is 4.41. The molecule has 0 saturated heterocycles. The number of rotatable bonds is 4. The zero-order chi connectivity index (χ0) is 14.8. The summed E-state index contributed by atoms with van der Waals surface area (Å²) in [6.45, 7) is -2.59. The molecule has 1 aromatic rings. The van der Waals surface area contributed by atoms with Crippen LogP contribution in [0.5, 0.6) is 0 Å². The Balaban J connectivity index is 3.18. The molecule has 0 bridgehead atoms. The molecule has 0 aliphatic heterocycles. The number of hydrogen-bond acceptors (Lipinski definition) is 3. The molecule has 0 saturated carbocycles. The number of hydrogen-bond donors (Lipinski definition) is 2. The van der Waals surface area contributed by atoms with Crippen LogP contribution in [0.2, 0.25) is 0 Å². The molecule has 0 fully saturated rings. The van der Waals surface area contributed by atoms with Crippen molar-refractivity contribution in [2.24, 2.45) is 0 Å². The molecule has 19 heavy (non-hydrogen) atoms. The summed E-state index contributed by atoms with van der Waals surface area (Å²) in [6, 6.07) is 1.94. The van der Waals surface area contributed by atoms with Crippen molar-refractivity contribution in [3.8, 4) is 0 Å². The average molecular weight is 366 g/mol. The van der Waals surface area contributed by atoms with Gasteiger partial charge in [-0.2, -0.15) is 13.2 Å². The van der Waals surface area contributed by atoms with Crippen molar-refractivity contribution < 1.29 is 31.1 Å². The molecular weight excluding hydrogens is 358 g/mol. The summed E-state index contributed by atoms with van der Waals surface area (Å²) >= 11 is 2.88. The summed E-state index contributed by atoms with van der Waals surface area (Å²) in [4.78, 5) is -0.963. The Hall–Kier alpha value is -0.710. The largest absolute Gasteiger partial charge is 0.402 e. The maximum Gasteiger partial charge on any atom is 0.402 e. The van der Waals surface area contributed by atoms with Gasteiger partial charge < -0.3 is 5.11 Å². The molecule has 0 amide bonds. The van der Waals surface area contributed by atoms with E-state index in [1.54, 1.807) is 0 Å². The molecule has 0 unspecified atom stereocenters. The zero-order valence-electron chi connectivity index (χ0n) is 9.13. The second kappa shape index (κ2) is 5.73. The highest BCUT2D eigenvalue weighted by molar-refractivity contribution is 9.10. The van der Waals surface area contributed by atoms with E-state index in [1.807, 2.05) is 0 Å². The van der Waals surface area contributed by atoms with Crippen molar-refractivity contribution in [2.75, 3.05) is 6.54 Å². The van der Waals surface area contributed by atoms with Crippen LogP contribution in [-0.4, -0.2) is 26.2 Å². The Morgan fingerprint density at radius 2 is 1.89 bits per heavy atom. The van der Waals surface area contributed by atoms with Gasteiger partial charge in [-0.3, -0.25) is 0 Å². The van der Waals surface area contributed by atoms with E-state index in [4.69, 9.17) is 5.11 Å². The van der Waals surface area contributed by atoms with Crippen LogP contribution < -0.4 is 4.72 Å². The first-order valence-corrected chi connectivity index (χ1v) is 6.99. The number of benzene rings is 1. The maximum absolute atomic E-state index is 13.7. The van der Waals surface area contributed by atoms with Crippen LogP contribution in [0, 0.1) is 5.82 Å². The van der Waals surface area contributed by atoms with E-state index in [0.29, 0.717) is 0 Å². The van der Waals surface area contributed by atoms with Crippen molar-refractivity contribution in [3.63, 3.8) is 0 Å². The average Bonchev–Trinajstić information content (AvgIpc) is 2.28. The van der Waals surface area contributed by atoms with E-state index in [0.717, 1.165) is 12.1 Å². The fourth-order valence-corrected chi connectivity index (χ4v) is 3.00. The van der Waals surface area contributed by atoms with E-state index < -0.39 is 40.1 Å². The van der Waals surface area contributed by atoms with E-state index in [1.165, 1.54) is 4.72 Å². The van der Waals surface area contributed by atoms with Crippen LogP contribution in [0.25, 0.3) is 0 Å². The van der Waals surface area contributed by atoms with Gasteiger partial charge in [0.25, 0.3) is 0 Å². The number of aliphatic hydroxyl groups excluding tert-OH is 1. The third-order valence-corrected chi connectivity index (χ3v) is 3.86. The molecule has 0 radical (unpaired) electrons. The molecule has 0 spiro atoms. The Bertz CT molecular complexity index is 574. The van der Waals surface area contributed by atoms with Crippen LogP contribution in [-0.2, 0) is 16.6 Å². The van der Waals surface area contributed by atoms with Crippen LogP contribution in [0.15, 0.2) is 21.5 Å². The molecule has 4 nitrogen and oxygen atoms in total. The van der Waals surface area contributed by atoms with E-state index in [2.05, 4.69) is 15.9 Å². The van der Waals surface area contributed by atoms with Gasteiger partial charge in [0.15, 0.2) is 0 Å². The number of alkyl halides is 3. The number of aliphatic hydroxyl groups is 1. The minimum Gasteiger partial charge on any atom is -0.392 e. The molecule has 108 valence electrons. The third-order valence-electron chi connectivity index (χ3n) is 2.00. The van der Waals surface area contributed by atoms with Crippen molar-refractivity contribution >= 4 is 26.0 Å². The molecule has 0 atom stereocenters. The molecule has 1 aromatic carbocycles. The Kier molecular flexibility index (Phi) is 4.93. The predicted molar refractivity (Wildman–Crippen MR) is 61.3 cm³/mol. The summed E-state index contributed by atoms with van der Waals surface area (Å²) in [5.41, 5.74) is -0.346. The van der Waals surface area contributed by atoms with Gasteiger partial charge in [-0.05, 0) is 12.1 Å². The Labute approximate surface area is 114 Å². The van der Waals surface area contributed by atoms with Gasteiger partial charge in [0.05, 0.1) is 6.61 Å². The normalized spacial score (nSPS) is 12.7. The minimum absolute atomic E-state index is 0.116. The highest BCUT2D eigenvalue weighted by Crippen LogP contribution is 2.24. The fourth-order valence-electron chi connectivity index (χ4n) is 1.18. The standard InChI is InChI=1S/C9H8BrF4NO3S/c10-6-1-5(3-16)8(11)7(2-6)19(17,18)15-4-9(12,13)14/h1-2,15-16H,3-4H2. The van der Waals surface area contributed by atoms with Gasteiger partial charge in [0, 0.05) is 10.0 Å². The molecule has 0 aromatic heterocycles. The lowest BCUT2D eigenvalue weighted by molar-refractivity contribution is -0.121. The van der Waals surface area contributed by atoms with Crippen molar-refractivity contribution in [1.82, 2.24) is 4.72 Å². The zero-order valence-corrected chi connectivity index (χ0v) is 11.5. The molecule has 0 heterocycles. The molecule has 0 aliphatic rings. The monoisotopic (exact) mass is 365 g/mol. The van der Waals surface area contributed by atoms with Gasteiger partial charge in [-0.1, -0.05) is 15.9 Å². The summed E-state index contributed by atoms with van der Waals surface area (Å²) in [5.74, 6) is -1.29. The number of halogens is 5. The number of sulfonamides is 1. The van der Waals surface area contributed by atoms with Gasteiger partial charge in [-0.15, -0.1) is 0 Å². The topological polar surface area (TPSA) is 66.4 Å². The lowest BCUT2D eigenvalue weighted by Crippen LogP contribution is -2.34. The summed E-state index contributed by atoms with van der Waals surface area (Å²) in [5, 5.41) is 8.84. The van der Waals surface area contributed by atoms with Gasteiger partial charge in [0.1, 0.15) is 17.3 Å². The van der Waals surface area contributed by atoms with Crippen molar-refractivity contribution in [1.29, 1.82) is 0 Å². The predicted octanol–water partition coefficient (Wildman–Crippen LogP) is 1.92. The summed E-state index contributed by atoms with van der Waals surface area (Å²) in [7, 11) is -4.67. The number of nitrogens with one attached hydrogen (secondary N) is 1. The highest BCUT2D eigenvalue weighted by Gasteiger charge is 2.31. The first-order valence-electron chi connectivity index (χ1n) is 4.72. The molecular formula is C9H8BrF4NO3S. The maximum atomic E-state index is 13.7. The fraction of sp³-hybridized carbons (Fsp3) is 0.333. The molecule has 10 heteroatoms. The summed E-state index contributed by atoms with van der Waals surface area (Å²) < 4.78 is 74.0. The molecule has 1 rings (SSSR count). The first kappa shape index (κ1) is 16.3. The molecule has 2 N–H and O–H groups in total. The lowest BCUT2D eigenvalue weighted by atomic mass is 10.2. The smallest absolute Gasteiger partial charge is 0.392 e. The van der Waals surface area contributed by atoms with Crippen LogP contribution >= 0.6 is 15.9 Å². The highest BCUT2D eigenvalue weighted by atomic mass is 79.9. The quantitative estimate of drug-likeness (QED) is 0.801. The Morgan fingerprint density at radius 1 is 1.32 bits per heavy atom. The van der Waals surface area contributed by atoms with Crippen LogP contribution in [0.1, 0.15) is 5.56 Å². The first-order chi connectivity index (χ1) is 8.57. The van der Waals surface area contributed by atoms with Crippen LogP contribution in [0.4, 0.5) is 17.6 Å². The van der Waals surface area contributed by atoms with Gasteiger partial charge in [-0.25, -0.2) is 17.5 Å². The minimum atomic E-state index is -4.75. The SMILES string of the molecule is O=S(=O)(NCC(F)(F)F)c1cc(Br)cc(CO)c1F. The molecule has 0 aliphatic carbocycles. The summed E-state index contributed by atoms with van der Waals surface area (Å²) in [6.07, 6.45) is -4.75. The van der Waals surface area contributed by atoms with E-state index >= 15 is 0 Å². The van der Waals surface area contributed by atoms with Crippen LogP contribution in [0.3, 0.4) is 0 Å². The van der Waals surface area contributed by atoms with Gasteiger partial charge >= 0.3 is 6.18 Å². The van der Waals surface area contributed by atoms with Gasteiger partial charge in [0.2, 0.25) is 10.0 Å². The Morgan fingerprint density at radius 3 is 2.37 bits per heavy atom. The van der Waals surface area contributed by atoms with Crippen molar-refractivity contribution in [2.45, 2.75) is 17.7 Å². The van der Waals surface area contributed by atoms with E-state index in [-0.39, 0.29) is 10.0 Å². The lowest BCUT2D eigenvalue weighted by Gasteiger charge is -2.11. The second-order valence-corrected chi connectivity index (χ2v) is 6.13.